The van der Waals surface area contributed by atoms with Gasteiger partial charge in [0.15, 0.2) is 0 Å². The molecule has 3 rings (SSSR count). The fraction of sp³-hybridized carbons (Fsp3) is 0.357. The molecule has 0 radical (unpaired) electrons. The Labute approximate surface area is 117 Å². The van der Waals surface area contributed by atoms with Gasteiger partial charge in [-0.3, -0.25) is 4.68 Å². The summed E-state index contributed by atoms with van der Waals surface area (Å²) in [5, 5.41) is 4.94. The van der Waals surface area contributed by atoms with Gasteiger partial charge in [0.2, 0.25) is 0 Å². The quantitative estimate of drug-likeness (QED) is 0.846. The van der Waals surface area contributed by atoms with E-state index in [9.17, 15) is 0 Å². The first-order valence-corrected chi connectivity index (χ1v) is 6.68. The average molecular weight is 278 g/mol. The van der Waals surface area contributed by atoms with Gasteiger partial charge in [-0.05, 0) is 25.1 Å². The van der Waals surface area contributed by atoms with Crippen molar-refractivity contribution in [3.63, 3.8) is 0 Å². The number of benzene rings is 1. The Bertz CT molecular complexity index is 596. The highest BCUT2D eigenvalue weighted by atomic mass is 35.5. The third kappa shape index (κ3) is 2.54. The first kappa shape index (κ1) is 12.4. The third-order valence-corrected chi connectivity index (χ3v) is 3.43. The topological polar surface area (TPSA) is 30.3 Å². The summed E-state index contributed by atoms with van der Waals surface area (Å²) < 4.78 is 7.66. The molecule has 0 amide bonds. The summed E-state index contributed by atoms with van der Waals surface area (Å²) >= 11 is 6.09. The Balaban J connectivity index is 1.91. The van der Waals surface area contributed by atoms with Crippen LogP contribution in [0.5, 0.6) is 5.75 Å². The van der Waals surface area contributed by atoms with Gasteiger partial charge in [0.05, 0.1) is 18.4 Å². The van der Waals surface area contributed by atoms with Crippen LogP contribution >= 0.6 is 11.6 Å². The van der Waals surface area contributed by atoms with Crippen molar-refractivity contribution in [3.8, 4) is 5.75 Å². The summed E-state index contributed by atoms with van der Waals surface area (Å²) in [5.41, 5.74) is 2.23. The molecule has 100 valence electrons. The van der Waals surface area contributed by atoms with Crippen LogP contribution in [0, 0.1) is 0 Å². The minimum Gasteiger partial charge on any atom is -0.487 e. The van der Waals surface area contributed by atoms with Crippen LogP contribution in [0.15, 0.2) is 30.6 Å². The molecule has 1 unspecified atom stereocenters. The SMILES string of the molecule is CC1CN(Cc2cnn(C)c2)c2cc(Cl)ccc2O1. The molecule has 0 saturated heterocycles. The second-order valence-electron chi connectivity index (χ2n) is 4.94. The van der Waals surface area contributed by atoms with E-state index in [-0.39, 0.29) is 6.10 Å². The summed E-state index contributed by atoms with van der Waals surface area (Å²) in [6, 6.07) is 5.75. The van der Waals surface area contributed by atoms with Crippen LogP contribution in [0.4, 0.5) is 5.69 Å². The fourth-order valence-electron chi connectivity index (χ4n) is 2.42. The second-order valence-corrected chi connectivity index (χ2v) is 5.38. The van der Waals surface area contributed by atoms with Crippen molar-refractivity contribution in [2.45, 2.75) is 19.6 Å². The molecule has 0 fully saturated rings. The molecule has 0 aliphatic carbocycles. The van der Waals surface area contributed by atoms with E-state index in [1.54, 1.807) is 0 Å². The van der Waals surface area contributed by atoms with Gasteiger partial charge in [0, 0.05) is 30.4 Å². The molecule has 19 heavy (non-hydrogen) atoms. The Morgan fingerprint density at radius 3 is 3.05 bits per heavy atom. The number of hydrogen-bond donors (Lipinski definition) is 0. The van der Waals surface area contributed by atoms with E-state index in [2.05, 4.69) is 16.9 Å². The summed E-state index contributed by atoms with van der Waals surface area (Å²) in [7, 11) is 1.93. The van der Waals surface area contributed by atoms with Crippen molar-refractivity contribution in [2.24, 2.45) is 7.05 Å². The van der Waals surface area contributed by atoms with Crippen LogP contribution in [0.2, 0.25) is 5.02 Å². The molecule has 1 aliphatic heterocycles. The summed E-state index contributed by atoms with van der Waals surface area (Å²) in [6.07, 6.45) is 4.10. The molecule has 1 aromatic carbocycles. The lowest BCUT2D eigenvalue weighted by Gasteiger charge is -2.34. The molecule has 0 bridgehead atoms. The standard InChI is InChI=1S/C14H16ClN3O/c1-10-7-18(9-11-6-16-17(2)8-11)13-5-12(15)3-4-14(13)19-10/h3-6,8,10H,7,9H2,1-2H3. The Hall–Kier alpha value is -1.68. The van der Waals surface area contributed by atoms with E-state index >= 15 is 0 Å². The third-order valence-electron chi connectivity index (χ3n) is 3.20. The zero-order valence-electron chi connectivity index (χ0n) is 11.0. The van der Waals surface area contributed by atoms with E-state index in [1.807, 2.05) is 42.3 Å². The van der Waals surface area contributed by atoms with Gasteiger partial charge in [0.25, 0.3) is 0 Å². The predicted molar refractivity (Wildman–Crippen MR) is 75.8 cm³/mol. The van der Waals surface area contributed by atoms with Crippen LogP contribution in [0.25, 0.3) is 0 Å². The molecule has 2 aromatic rings. The van der Waals surface area contributed by atoms with E-state index < -0.39 is 0 Å². The van der Waals surface area contributed by atoms with E-state index in [1.165, 1.54) is 5.56 Å². The van der Waals surface area contributed by atoms with Crippen molar-refractivity contribution < 1.29 is 4.74 Å². The maximum atomic E-state index is 6.09. The number of nitrogens with zero attached hydrogens (tertiary/aromatic N) is 3. The van der Waals surface area contributed by atoms with Crippen molar-refractivity contribution >= 4 is 17.3 Å². The molecule has 1 aliphatic rings. The zero-order chi connectivity index (χ0) is 13.4. The van der Waals surface area contributed by atoms with Crippen LogP contribution in [0.3, 0.4) is 0 Å². The Morgan fingerprint density at radius 1 is 1.47 bits per heavy atom. The molecule has 5 heteroatoms. The minimum absolute atomic E-state index is 0.172. The van der Waals surface area contributed by atoms with Crippen molar-refractivity contribution in [1.29, 1.82) is 0 Å². The predicted octanol–water partition coefficient (Wildman–Crippen LogP) is 2.86. The minimum atomic E-state index is 0.172. The molecular formula is C14H16ClN3O. The van der Waals surface area contributed by atoms with Gasteiger partial charge in [-0.1, -0.05) is 11.6 Å². The van der Waals surface area contributed by atoms with Crippen LogP contribution in [-0.2, 0) is 13.6 Å². The number of rotatable bonds is 2. The number of fused-ring (bicyclic) bond motifs is 1. The van der Waals surface area contributed by atoms with E-state index in [0.717, 1.165) is 29.5 Å². The number of halogens is 1. The Morgan fingerprint density at radius 2 is 2.32 bits per heavy atom. The van der Waals surface area contributed by atoms with Crippen LogP contribution in [0.1, 0.15) is 12.5 Å². The lowest BCUT2D eigenvalue weighted by atomic mass is 10.2. The van der Waals surface area contributed by atoms with Gasteiger partial charge in [-0.25, -0.2) is 0 Å². The second kappa shape index (κ2) is 4.78. The first-order chi connectivity index (χ1) is 9.11. The first-order valence-electron chi connectivity index (χ1n) is 6.30. The number of aryl methyl sites for hydroxylation is 1. The van der Waals surface area contributed by atoms with Gasteiger partial charge < -0.3 is 9.64 Å². The molecular weight excluding hydrogens is 262 g/mol. The van der Waals surface area contributed by atoms with E-state index in [4.69, 9.17) is 16.3 Å². The molecule has 2 heterocycles. The fourth-order valence-corrected chi connectivity index (χ4v) is 2.59. The highest BCUT2D eigenvalue weighted by Gasteiger charge is 2.23. The zero-order valence-corrected chi connectivity index (χ0v) is 11.8. The van der Waals surface area contributed by atoms with Crippen LogP contribution in [-0.4, -0.2) is 22.4 Å². The van der Waals surface area contributed by atoms with Crippen molar-refractivity contribution in [2.75, 3.05) is 11.4 Å². The van der Waals surface area contributed by atoms with Gasteiger partial charge in [-0.2, -0.15) is 5.10 Å². The highest BCUT2D eigenvalue weighted by Crippen LogP contribution is 2.36. The number of aromatic nitrogens is 2. The molecule has 4 nitrogen and oxygen atoms in total. The van der Waals surface area contributed by atoms with Gasteiger partial charge >= 0.3 is 0 Å². The largest absolute Gasteiger partial charge is 0.487 e. The number of ether oxygens (including phenoxy) is 1. The molecule has 1 aromatic heterocycles. The number of anilines is 1. The van der Waals surface area contributed by atoms with Crippen molar-refractivity contribution in [3.05, 3.63) is 41.2 Å². The molecule has 0 saturated carbocycles. The van der Waals surface area contributed by atoms with Crippen molar-refractivity contribution in [1.82, 2.24) is 9.78 Å². The lowest BCUT2D eigenvalue weighted by Crippen LogP contribution is -2.37. The average Bonchev–Trinajstić information content (AvgIpc) is 2.76. The molecule has 1 atom stereocenters. The molecule has 0 spiro atoms. The van der Waals surface area contributed by atoms with Gasteiger partial charge in [0.1, 0.15) is 11.9 Å². The smallest absolute Gasteiger partial charge is 0.143 e. The summed E-state index contributed by atoms with van der Waals surface area (Å²) in [5.74, 6) is 0.895. The number of hydrogen-bond acceptors (Lipinski definition) is 3. The highest BCUT2D eigenvalue weighted by molar-refractivity contribution is 6.30. The van der Waals surface area contributed by atoms with Gasteiger partial charge in [-0.15, -0.1) is 0 Å². The van der Waals surface area contributed by atoms with E-state index in [0.29, 0.717) is 0 Å². The maximum Gasteiger partial charge on any atom is 0.143 e. The normalized spacial score (nSPS) is 18.1. The monoisotopic (exact) mass is 277 g/mol. The summed E-state index contributed by atoms with van der Waals surface area (Å²) in [4.78, 5) is 2.28. The maximum absolute atomic E-state index is 6.09. The lowest BCUT2D eigenvalue weighted by molar-refractivity contribution is 0.212. The molecule has 0 N–H and O–H groups in total. The Kier molecular flexibility index (Phi) is 3.11. The summed E-state index contributed by atoms with van der Waals surface area (Å²) in [6.45, 7) is 3.74. The van der Waals surface area contributed by atoms with Crippen LogP contribution < -0.4 is 9.64 Å².